The van der Waals surface area contributed by atoms with Crippen LogP contribution in [0.5, 0.6) is 0 Å². The second-order valence-electron chi connectivity index (χ2n) is 6.10. The fourth-order valence-electron chi connectivity index (χ4n) is 2.75. The van der Waals surface area contributed by atoms with E-state index in [-0.39, 0.29) is 17.2 Å². The van der Waals surface area contributed by atoms with Gasteiger partial charge in [-0.15, -0.1) is 0 Å². The molecule has 1 aromatic heterocycles. The van der Waals surface area contributed by atoms with Crippen LogP contribution in [-0.2, 0) is 4.79 Å². The molecular weight excluding hydrogens is 342 g/mol. The standard InChI is InChI=1S/C18H18F2N4O2/c1-9(13-5-3-11(19)7-14(13)20)21-10(2)17(25)22-12-4-6-15-16(8-12)24-18(26)23-15/h3-10,21H,1-2H3,(H,22,25)(H2,23,24,26)/t9-,10-/m0/s1. The molecule has 0 saturated carbocycles. The van der Waals surface area contributed by atoms with E-state index in [0.717, 1.165) is 6.07 Å². The van der Waals surface area contributed by atoms with Gasteiger partial charge in [0.15, 0.2) is 0 Å². The Bertz CT molecular complexity index is 1010. The van der Waals surface area contributed by atoms with Crippen LogP contribution in [-0.4, -0.2) is 21.9 Å². The molecule has 4 N–H and O–H groups in total. The molecule has 1 amide bonds. The molecule has 0 radical (unpaired) electrons. The molecule has 0 aliphatic heterocycles. The van der Waals surface area contributed by atoms with E-state index >= 15 is 0 Å². The first kappa shape index (κ1) is 17.8. The third-order valence-electron chi connectivity index (χ3n) is 4.11. The van der Waals surface area contributed by atoms with Crippen molar-refractivity contribution in [2.45, 2.75) is 25.9 Å². The Morgan fingerprint density at radius 1 is 1.04 bits per heavy atom. The quantitative estimate of drug-likeness (QED) is 0.564. The number of aromatic amines is 2. The number of fused-ring (bicyclic) bond motifs is 1. The number of hydrogen-bond donors (Lipinski definition) is 4. The Hall–Kier alpha value is -3.00. The van der Waals surface area contributed by atoms with E-state index in [1.807, 2.05) is 0 Å². The van der Waals surface area contributed by atoms with E-state index in [1.54, 1.807) is 32.0 Å². The number of hydrogen-bond acceptors (Lipinski definition) is 3. The van der Waals surface area contributed by atoms with E-state index in [0.29, 0.717) is 16.7 Å². The van der Waals surface area contributed by atoms with Gasteiger partial charge in [-0.3, -0.25) is 10.1 Å². The highest BCUT2D eigenvalue weighted by molar-refractivity contribution is 5.96. The van der Waals surface area contributed by atoms with Gasteiger partial charge in [-0.25, -0.2) is 13.6 Å². The number of halogens is 2. The van der Waals surface area contributed by atoms with Gasteiger partial charge < -0.3 is 15.3 Å². The van der Waals surface area contributed by atoms with Crippen molar-refractivity contribution in [3.05, 3.63) is 64.1 Å². The molecule has 3 rings (SSSR count). The Labute approximate surface area is 147 Å². The number of benzene rings is 2. The average Bonchev–Trinajstić information content (AvgIpc) is 2.93. The minimum absolute atomic E-state index is 0.275. The predicted octanol–water partition coefficient (Wildman–Crippen LogP) is 2.81. The lowest BCUT2D eigenvalue weighted by Gasteiger charge is -2.20. The molecule has 136 valence electrons. The third-order valence-corrected chi connectivity index (χ3v) is 4.11. The highest BCUT2D eigenvalue weighted by atomic mass is 19.1. The molecule has 0 spiro atoms. The lowest BCUT2D eigenvalue weighted by molar-refractivity contribution is -0.117. The number of H-pyrrole nitrogens is 2. The lowest BCUT2D eigenvalue weighted by atomic mass is 10.1. The van der Waals surface area contributed by atoms with Crippen LogP contribution in [0.25, 0.3) is 11.0 Å². The Morgan fingerprint density at radius 3 is 2.50 bits per heavy atom. The maximum Gasteiger partial charge on any atom is 0.323 e. The van der Waals surface area contributed by atoms with Crippen molar-refractivity contribution in [1.29, 1.82) is 0 Å². The van der Waals surface area contributed by atoms with Crippen molar-refractivity contribution in [3.8, 4) is 0 Å². The highest BCUT2D eigenvalue weighted by Gasteiger charge is 2.19. The molecule has 0 fully saturated rings. The largest absolute Gasteiger partial charge is 0.325 e. The van der Waals surface area contributed by atoms with Crippen molar-refractivity contribution in [3.63, 3.8) is 0 Å². The van der Waals surface area contributed by atoms with Crippen molar-refractivity contribution in [2.24, 2.45) is 0 Å². The fourth-order valence-corrected chi connectivity index (χ4v) is 2.75. The van der Waals surface area contributed by atoms with Gasteiger partial charge in [0, 0.05) is 23.4 Å². The van der Waals surface area contributed by atoms with Crippen LogP contribution in [0, 0.1) is 11.6 Å². The summed E-state index contributed by atoms with van der Waals surface area (Å²) < 4.78 is 26.8. The van der Waals surface area contributed by atoms with E-state index in [4.69, 9.17) is 0 Å². The zero-order chi connectivity index (χ0) is 18.8. The summed E-state index contributed by atoms with van der Waals surface area (Å²) in [6.45, 7) is 3.33. The molecule has 2 atom stereocenters. The summed E-state index contributed by atoms with van der Waals surface area (Å²) in [5, 5.41) is 5.71. The van der Waals surface area contributed by atoms with Gasteiger partial charge in [0.25, 0.3) is 0 Å². The minimum atomic E-state index is -0.667. The van der Waals surface area contributed by atoms with E-state index in [9.17, 15) is 18.4 Å². The lowest BCUT2D eigenvalue weighted by Crippen LogP contribution is -2.39. The van der Waals surface area contributed by atoms with Crippen molar-refractivity contribution < 1.29 is 13.6 Å². The summed E-state index contributed by atoms with van der Waals surface area (Å²) in [4.78, 5) is 28.9. The Kier molecular flexibility index (Phi) is 4.85. The van der Waals surface area contributed by atoms with Crippen molar-refractivity contribution in [2.75, 3.05) is 5.32 Å². The first-order valence-corrected chi connectivity index (χ1v) is 8.07. The van der Waals surface area contributed by atoms with Crippen LogP contribution in [0.4, 0.5) is 14.5 Å². The average molecular weight is 360 g/mol. The van der Waals surface area contributed by atoms with Crippen LogP contribution >= 0.6 is 0 Å². The number of carbonyl (C=O) groups is 1. The number of nitrogens with one attached hydrogen (secondary N) is 4. The molecule has 6 nitrogen and oxygen atoms in total. The van der Waals surface area contributed by atoms with Crippen LogP contribution in [0.1, 0.15) is 25.5 Å². The molecule has 0 unspecified atom stereocenters. The van der Waals surface area contributed by atoms with Gasteiger partial charge in [0.2, 0.25) is 5.91 Å². The van der Waals surface area contributed by atoms with E-state index in [1.165, 1.54) is 12.1 Å². The topological polar surface area (TPSA) is 89.8 Å². The maximum absolute atomic E-state index is 13.8. The molecule has 1 heterocycles. The number of aromatic nitrogens is 2. The van der Waals surface area contributed by atoms with Crippen LogP contribution in [0.15, 0.2) is 41.2 Å². The molecular formula is C18H18F2N4O2. The zero-order valence-electron chi connectivity index (χ0n) is 14.2. The smallest absolute Gasteiger partial charge is 0.323 e. The van der Waals surface area contributed by atoms with Gasteiger partial charge >= 0.3 is 5.69 Å². The second kappa shape index (κ2) is 7.09. The first-order chi connectivity index (χ1) is 12.3. The predicted molar refractivity (Wildman–Crippen MR) is 94.9 cm³/mol. The molecule has 0 aliphatic rings. The molecule has 8 heteroatoms. The summed E-state index contributed by atoms with van der Waals surface area (Å²) in [6.07, 6.45) is 0. The summed E-state index contributed by atoms with van der Waals surface area (Å²) in [5.74, 6) is -1.64. The molecule has 0 saturated heterocycles. The number of rotatable bonds is 5. The van der Waals surface area contributed by atoms with Crippen LogP contribution < -0.4 is 16.3 Å². The second-order valence-corrected chi connectivity index (χ2v) is 6.10. The summed E-state index contributed by atoms with van der Waals surface area (Å²) >= 11 is 0. The third kappa shape index (κ3) is 3.80. The van der Waals surface area contributed by atoms with Gasteiger partial charge in [-0.05, 0) is 38.1 Å². The SMILES string of the molecule is C[C@H](N[C@@H](C)c1ccc(F)cc1F)C(=O)Nc1ccc2[nH]c(=O)[nH]c2c1. The number of imidazole rings is 1. The number of carbonyl (C=O) groups excluding carboxylic acids is 1. The van der Waals surface area contributed by atoms with Crippen molar-refractivity contribution in [1.82, 2.24) is 15.3 Å². The summed E-state index contributed by atoms with van der Waals surface area (Å²) in [5.41, 5.74) is 1.69. The van der Waals surface area contributed by atoms with E-state index in [2.05, 4.69) is 20.6 Å². The maximum atomic E-state index is 13.8. The number of anilines is 1. The monoisotopic (exact) mass is 360 g/mol. The van der Waals surface area contributed by atoms with Gasteiger partial charge in [0.05, 0.1) is 17.1 Å². The van der Waals surface area contributed by atoms with Gasteiger partial charge in [-0.1, -0.05) is 6.07 Å². The molecule has 26 heavy (non-hydrogen) atoms. The zero-order valence-corrected chi connectivity index (χ0v) is 14.2. The normalized spacial score (nSPS) is 13.5. The molecule has 2 aromatic carbocycles. The fraction of sp³-hybridized carbons (Fsp3) is 0.222. The Balaban J connectivity index is 1.67. The van der Waals surface area contributed by atoms with Gasteiger partial charge in [0.1, 0.15) is 11.6 Å². The highest BCUT2D eigenvalue weighted by Crippen LogP contribution is 2.19. The summed E-state index contributed by atoms with van der Waals surface area (Å²) in [6, 6.07) is 7.20. The summed E-state index contributed by atoms with van der Waals surface area (Å²) in [7, 11) is 0. The van der Waals surface area contributed by atoms with Crippen LogP contribution in [0.3, 0.4) is 0 Å². The minimum Gasteiger partial charge on any atom is -0.325 e. The molecule has 0 aliphatic carbocycles. The Morgan fingerprint density at radius 2 is 1.77 bits per heavy atom. The molecule has 3 aromatic rings. The van der Waals surface area contributed by atoms with Crippen molar-refractivity contribution >= 4 is 22.6 Å². The number of amides is 1. The van der Waals surface area contributed by atoms with Gasteiger partial charge in [-0.2, -0.15) is 0 Å². The first-order valence-electron chi connectivity index (χ1n) is 8.07. The molecule has 0 bridgehead atoms. The van der Waals surface area contributed by atoms with E-state index < -0.39 is 23.7 Å². The van der Waals surface area contributed by atoms with Crippen LogP contribution in [0.2, 0.25) is 0 Å².